The molecule has 0 saturated carbocycles. The van der Waals surface area contributed by atoms with Crippen molar-refractivity contribution < 1.29 is 4.74 Å². The minimum absolute atomic E-state index is 0.259. The number of rotatable bonds is 8. The van der Waals surface area contributed by atoms with Crippen molar-refractivity contribution in [1.82, 2.24) is 14.9 Å². The molecule has 8 nitrogen and oxygen atoms in total. The molecule has 0 amide bonds. The third-order valence-corrected chi connectivity index (χ3v) is 7.28. The van der Waals surface area contributed by atoms with Gasteiger partial charge in [-0.1, -0.05) is 24.9 Å². The summed E-state index contributed by atoms with van der Waals surface area (Å²) in [6.45, 7) is 5.53. The highest BCUT2D eigenvalue weighted by Gasteiger charge is 2.25. The summed E-state index contributed by atoms with van der Waals surface area (Å²) in [4.78, 5) is 28.4. The first-order valence-electron chi connectivity index (χ1n) is 12.4. The van der Waals surface area contributed by atoms with Gasteiger partial charge in [-0.05, 0) is 62.9 Å². The van der Waals surface area contributed by atoms with Gasteiger partial charge in [0.25, 0.3) is 11.1 Å². The van der Waals surface area contributed by atoms with Crippen LogP contribution < -0.4 is 26.5 Å². The van der Waals surface area contributed by atoms with Crippen molar-refractivity contribution in [3.8, 4) is 11.8 Å². The van der Waals surface area contributed by atoms with E-state index in [0.29, 0.717) is 40.1 Å². The summed E-state index contributed by atoms with van der Waals surface area (Å²) < 4.78 is 7.38. The molecular formula is C27H32ClN5O3. The molecule has 0 spiro atoms. The van der Waals surface area contributed by atoms with Crippen molar-refractivity contribution in [2.75, 3.05) is 18.5 Å². The van der Waals surface area contributed by atoms with Gasteiger partial charge >= 0.3 is 0 Å². The van der Waals surface area contributed by atoms with E-state index in [1.165, 1.54) is 30.9 Å². The molecule has 1 aliphatic rings. The van der Waals surface area contributed by atoms with Crippen LogP contribution in [0, 0.1) is 17.2 Å². The first-order valence-corrected chi connectivity index (χ1v) is 12.8. The second kappa shape index (κ2) is 11.2. The van der Waals surface area contributed by atoms with Gasteiger partial charge in [0.2, 0.25) is 0 Å². The van der Waals surface area contributed by atoms with Crippen LogP contribution in [-0.2, 0) is 7.05 Å². The summed E-state index contributed by atoms with van der Waals surface area (Å²) in [7, 11) is 1.54. The molecule has 3 N–H and O–H groups in total. The van der Waals surface area contributed by atoms with Crippen LogP contribution in [0.4, 0.5) is 5.69 Å². The van der Waals surface area contributed by atoms with Crippen LogP contribution in [0.1, 0.15) is 56.8 Å². The third kappa shape index (κ3) is 5.43. The van der Waals surface area contributed by atoms with E-state index in [1.807, 2.05) is 6.07 Å². The average molecular weight is 510 g/mol. The molecule has 9 heteroatoms. The minimum atomic E-state index is -0.457. The van der Waals surface area contributed by atoms with Gasteiger partial charge < -0.3 is 24.9 Å². The maximum Gasteiger partial charge on any atom is 0.274 e. The average Bonchev–Trinajstić information content (AvgIpc) is 2.86. The number of nitriles is 1. The van der Waals surface area contributed by atoms with E-state index in [2.05, 4.69) is 22.5 Å². The number of ether oxygens (including phenoxy) is 1. The molecule has 1 saturated heterocycles. The van der Waals surface area contributed by atoms with Crippen molar-refractivity contribution in [2.45, 2.75) is 51.6 Å². The van der Waals surface area contributed by atoms with Gasteiger partial charge in [0.05, 0.1) is 16.6 Å². The lowest BCUT2D eigenvalue weighted by Crippen LogP contribution is -2.45. The quantitative estimate of drug-likeness (QED) is 0.413. The van der Waals surface area contributed by atoms with E-state index in [0.717, 1.165) is 18.4 Å². The maximum absolute atomic E-state index is 12.9. The van der Waals surface area contributed by atoms with Crippen LogP contribution in [-0.4, -0.2) is 28.7 Å². The van der Waals surface area contributed by atoms with Crippen molar-refractivity contribution in [3.05, 3.63) is 67.3 Å². The zero-order chi connectivity index (χ0) is 25.8. The predicted molar refractivity (Wildman–Crippen MR) is 143 cm³/mol. The first-order chi connectivity index (χ1) is 17.3. The molecule has 0 radical (unpaired) electrons. The lowest BCUT2D eigenvalue weighted by atomic mass is 9.87. The highest BCUT2D eigenvalue weighted by molar-refractivity contribution is 6.32. The van der Waals surface area contributed by atoms with E-state index in [1.54, 1.807) is 37.3 Å². The largest absolute Gasteiger partial charge is 0.490 e. The number of H-pyrrole nitrogens is 1. The summed E-state index contributed by atoms with van der Waals surface area (Å²) in [5.41, 5.74) is 1.06. The molecule has 1 aromatic carbocycles. The number of hydrogen-bond donors (Lipinski definition) is 3. The SMILES string of the molecule is CCCC1CCCNC1COc1cc2[nH]c(=O)c(C(C)Nc3ccc(C#N)n(C)c3=O)cc2cc1Cl. The highest BCUT2D eigenvalue weighted by Crippen LogP contribution is 2.31. The molecule has 0 bridgehead atoms. The van der Waals surface area contributed by atoms with Gasteiger partial charge in [0, 0.05) is 30.1 Å². The monoisotopic (exact) mass is 509 g/mol. The molecule has 3 unspecified atom stereocenters. The Morgan fingerprint density at radius 1 is 1.31 bits per heavy atom. The van der Waals surface area contributed by atoms with Gasteiger partial charge in [-0.25, -0.2) is 0 Å². The molecular weight excluding hydrogens is 478 g/mol. The molecule has 0 aliphatic carbocycles. The fraction of sp³-hybridized carbons (Fsp3) is 0.444. The van der Waals surface area contributed by atoms with E-state index < -0.39 is 6.04 Å². The van der Waals surface area contributed by atoms with Crippen molar-refractivity contribution in [3.63, 3.8) is 0 Å². The van der Waals surface area contributed by atoms with E-state index in [-0.39, 0.29) is 22.9 Å². The normalized spacial score (nSPS) is 18.5. The van der Waals surface area contributed by atoms with E-state index in [4.69, 9.17) is 21.6 Å². The molecule has 3 heterocycles. The number of halogens is 1. The predicted octanol–water partition coefficient (Wildman–Crippen LogP) is 4.47. The van der Waals surface area contributed by atoms with Crippen LogP contribution in [0.15, 0.2) is 39.9 Å². The Morgan fingerprint density at radius 2 is 2.11 bits per heavy atom. The number of hydrogen-bond acceptors (Lipinski definition) is 6. The summed E-state index contributed by atoms with van der Waals surface area (Å²) in [6, 6.07) is 10.3. The smallest absolute Gasteiger partial charge is 0.274 e. The molecule has 1 aliphatic heterocycles. The number of fused-ring (bicyclic) bond motifs is 1. The topological polar surface area (TPSA) is 112 Å². The number of aromatic amines is 1. The number of aromatic nitrogens is 2. The first kappa shape index (κ1) is 25.8. The molecule has 36 heavy (non-hydrogen) atoms. The van der Waals surface area contributed by atoms with Crippen LogP contribution in [0.25, 0.3) is 10.9 Å². The zero-order valence-corrected chi connectivity index (χ0v) is 21.6. The molecule has 190 valence electrons. The van der Waals surface area contributed by atoms with Crippen LogP contribution >= 0.6 is 11.6 Å². The lowest BCUT2D eigenvalue weighted by Gasteiger charge is -2.32. The zero-order valence-electron chi connectivity index (χ0n) is 20.9. The molecule has 1 fully saturated rings. The number of anilines is 1. The van der Waals surface area contributed by atoms with E-state index >= 15 is 0 Å². The maximum atomic E-state index is 12.9. The standard InChI is InChI=1S/C27H32ClN5O3/c1-4-6-17-7-5-10-30-24(17)15-36-25-13-23-18(12-21(25)28)11-20(26(34)32-23)16(2)31-22-9-8-19(14-29)33(3)27(22)35/h8-9,11-13,16-17,24,30-31H,4-7,10,15H2,1-3H3,(H,32,34). The third-order valence-electron chi connectivity index (χ3n) is 6.99. The highest BCUT2D eigenvalue weighted by atomic mass is 35.5. The number of pyridine rings is 2. The summed E-state index contributed by atoms with van der Waals surface area (Å²) >= 11 is 6.56. The number of benzene rings is 1. The Kier molecular flexibility index (Phi) is 8.02. The second-order valence-corrected chi connectivity index (χ2v) is 9.87. The summed E-state index contributed by atoms with van der Waals surface area (Å²) in [6.07, 6.45) is 4.71. The Labute approximate surface area is 215 Å². The number of nitrogens with zero attached hydrogens (tertiary/aromatic N) is 2. The Bertz CT molecular complexity index is 1410. The molecule has 4 rings (SSSR count). The summed E-state index contributed by atoms with van der Waals surface area (Å²) in [5.74, 6) is 1.13. The lowest BCUT2D eigenvalue weighted by molar-refractivity contribution is 0.178. The fourth-order valence-corrected chi connectivity index (χ4v) is 5.16. The van der Waals surface area contributed by atoms with Crippen LogP contribution in [0.2, 0.25) is 5.02 Å². The van der Waals surface area contributed by atoms with E-state index in [9.17, 15) is 9.59 Å². The number of nitrogens with one attached hydrogen (secondary N) is 3. The minimum Gasteiger partial charge on any atom is -0.490 e. The Hall–Kier alpha value is -3.28. The van der Waals surface area contributed by atoms with Gasteiger partial charge in [0.15, 0.2) is 0 Å². The Balaban J connectivity index is 1.54. The van der Waals surface area contributed by atoms with Gasteiger partial charge in [-0.15, -0.1) is 0 Å². The van der Waals surface area contributed by atoms with Gasteiger partial charge in [-0.2, -0.15) is 5.26 Å². The molecule has 3 atom stereocenters. The van der Waals surface area contributed by atoms with Crippen LogP contribution in [0.5, 0.6) is 5.75 Å². The second-order valence-electron chi connectivity index (χ2n) is 9.46. The van der Waals surface area contributed by atoms with Crippen molar-refractivity contribution in [2.24, 2.45) is 13.0 Å². The molecule has 2 aromatic heterocycles. The molecule has 3 aromatic rings. The van der Waals surface area contributed by atoms with Crippen molar-refractivity contribution >= 4 is 28.2 Å². The van der Waals surface area contributed by atoms with Gasteiger partial charge in [-0.3, -0.25) is 9.59 Å². The summed E-state index contributed by atoms with van der Waals surface area (Å²) in [5, 5.41) is 17.0. The number of piperidine rings is 1. The van der Waals surface area contributed by atoms with Crippen LogP contribution in [0.3, 0.4) is 0 Å². The Morgan fingerprint density at radius 3 is 2.86 bits per heavy atom. The fourth-order valence-electron chi connectivity index (χ4n) is 4.94. The van der Waals surface area contributed by atoms with Gasteiger partial charge in [0.1, 0.15) is 29.8 Å². The van der Waals surface area contributed by atoms with Crippen molar-refractivity contribution in [1.29, 1.82) is 5.26 Å².